The van der Waals surface area contributed by atoms with E-state index in [2.05, 4.69) is 14.6 Å². The zero-order chi connectivity index (χ0) is 13.1. The van der Waals surface area contributed by atoms with Crippen LogP contribution in [-0.4, -0.2) is 20.4 Å². The summed E-state index contributed by atoms with van der Waals surface area (Å²) in [6.45, 7) is 3.99. The molecule has 0 spiro atoms. The zero-order valence-electron chi connectivity index (χ0n) is 10.1. The average Bonchev–Trinajstić information content (AvgIpc) is 2.81. The Hall–Kier alpha value is -1.33. The van der Waals surface area contributed by atoms with Crippen LogP contribution in [0, 0.1) is 0 Å². The molecular formula is C12H12ClN3OS. The standard InChI is InChI=1S/C12H12ClN3OS/c1-7(2)11-12(18-16-15-11)10(17)5-8-3-4-14-6-9(8)13/h3-4,6-7H,5H2,1-2H3. The van der Waals surface area contributed by atoms with Gasteiger partial charge in [0.1, 0.15) is 4.88 Å². The highest BCUT2D eigenvalue weighted by atomic mass is 35.5. The fourth-order valence-electron chi connectivity index (χ4n) is 1.57. The van der Waals surface area contributed by atoms with Crippen molar-refractivity contribution in [1.29, 1.82) is 0 Å². The molecule has 0 amide bonds. The fourth-order valence-corrected chi connectivity index (χ4v) is 2.51. The Morgan fingerprint density at radius 2 is 2.28 bits per heavy atom. The van der Waals surface area contributed by atoms with Crippen LogP contribution in [0.25, 0.3) is 0 Å². The van der Waals surface area contributed by atoms with Crippen LogP contribution in [0.1, 0.15) is 40.7 Å². The number of rotatable bonds is 4. The predicted octanol–water partition coefficient (Wildman–Crippen LogP) is 3.14. The van der Waals surface area contributed by atoms with Gasteiger partial charge in [0.2, 0.25) is 0 Å². The number of pyridine rings is 1. The smallest absolute Gasteiger partial charge is 0.180 e. The maximum Gasteiger partial charge on any atom is 0.180 e. The summed E-state index contributed by atoms with van der Waals surface area (Å²) in [5, 5.41) is 4.51. The molecular weight excluding hydrogens is 270 g/mol. The second-order valence-electron chi connectivity index (χ2n) is 4.21. The molecule has 0 N–H and O–H groups in total. The second-order valence-corrected chi connectivity index (χ2v) is 5.37. The number of hydrogen-bond donors (Lipinski definition) is 0. The summed E-state index contributed by atoms with van der Waals surface area (Å²) >= 11 is 7.13. The van der Waals surface area contributed by atoms with Gasteiger partial charge in [-0.15, -0.1) is 5.10 Å². The Labute approximate surface area is 114 Å². The maximum absolute atomic E-state index is 12.2. The molecule has 0 aromatic carbocycles. The van der Waals surface area contributed by atoms with Crippen LogP contribution in [0.3, 0.4) is 0 Å². The molecule has 0 aliphatic heterocycles. The van der Waals surface area contributed by atoms with E-state index >= 15 is 0 Å². The van der Waals surface area contributed by atoms with Crippen LogP contribution in [0.5, 0.6) is 0 Å². The first kappa shape index (κ1) is 13.1. The van der Waals surface area contributed by atoms with Gasteiger partial charge in [-0.2, -0.15) is 0 Å². The SMILES string of the molecule is CC(C)c1nnsc1C(=O)Cc1ccncc1Cl. The van der Waals surface area contributed by atoms with Crippen molar-refractivity contribution in [2.24, 2.45) is 0 Å². The van der Waals surface area contributed by atoms with Gasteiger partial charge in [-0.1, -0.05) is 29.9 Å². The van der Waals surface area contributed by atoms with E-state index in [4.69, 9.17) is 11.6 Å². The largest absolute Gasteiger partial charge is 0.293 e. The normalized spacial score (nSPS) is 10.9. The number of aromatic nitrogens is 3. The summed E-state index contributed by atoms with van der Waals surface area (Å²) < 4.78 is 3.85. The number of Topliss-reactive ketones (excluding diaryl/α,β-unsaturated/α-hetero) is 1. The molecule has 0 unspecified atom stereocenters. The van der Waals surface area contributed by atoms with E-state index in [0.29, 0.717) is 9.90 Å². The highest BCUT2D eigenvalue weighted by molar-refractivity contribution is 7.08. The molecule has 0 fully saturated rings. The third-order valence-corrected chi connectivity index (χ3v) is 3.64. The van der Waals surface area contributed by atoms with Crippen LogP contribution in [0.2, 0.25) is 5.02 Å². The Bertz CT molecular complexity index is 568. The average molecular weight is 282 g/mol. The maximum atomic E-state index is 12.2. The molecule has 0 bridgehead atoms. The van der Waals surface area contributed by atoms with Crippen LogP contribution in [0.4, 0.5) is 0 Å². The van der Waals surface area contributed by atoms with Crippen molar-refractivity contribution < 1.29 is 4.79 Å². The van der Waals surface area contributed by atoms with Gasteiger partial charge in [0.25, 0.3) is 0 Å². The first-order valence-electron chi connectivity index (χ1n) is 5.53. The summed E-state index contributed by atoms with van der Waals surface area (Å²) in [5.41, 5.74) is 1.54. The van der Waals surface area contributed by atoms with E-state index < -0.39 is 0 Å². The molecule has 2 rings (SSSR count). The van der Waals surface area contributed by atoms with E-state index in [-0.39, 0.29) is 18.1 Å². The van der Waals surface area contributed by atoms with E-state index in [1.54, 1.807) is 18.5 Å². The Morgan fingerprint density at radius 3 is 2.94 bits per heavy atom. The van der Waals surface area contributed by atoms with Crippen molar-refractivity contribution in [2.45, 2.75) is 26.2 Å². The molecule has 2 aromatic rings. The molecule has 4 nitrogen and oxygen atoms in total. The van der Waals surface area contributed by atoms with Gasteiger partial charge < -0.3 is 0 Å². The van der Waals surface area contributed by atoms with Crippen LogP contribution in [-0.2, 0) is 6.42 Å². The van der Waals surface area contributed by atoms with Gasteiger partial charge in [0, 0.05) is 18.8 Å². The lowest BCUT2D eigenvalue weighted by Crippen LogP contribution is -2.06. The molecule has 0 radical (unpaired) electrons. The van der Waals surface area contributed by atoms with Gasteiger partial charge in [0.05, 0.1) is 10.7 Å². The monoisotopic (exact) mass is 281 g/mol. The summed E-state index contributed by atoms with van der Waals surface area (Å²) in [5.74, 6) is 0.192. The summed E-state index contributed by atoms with van der Waals surface area (Å²) in [4.78, 5) is 16.7. The molecule has 0 aliphatic carbocycles. The van der Waals surface area contributed by atoms with Gasteiger partial charge in [-0.05, 0) is 29.1 Å². The highest BCUT2D eigenvalue weighted by Gasteiger charge is 2.19. The van der Waals surface area contributed by atoms with Crippen molar-refractivity contribution in [3.63, 3.8) is 0 Å². The van der Waals surface area contributed by atoms with E-state index in [1.165, 1.54) is 0 Å². The molecule has 18 heavy (non-hydrogen) atoms. The third kappa shape index (κ3) is 2.73. The molecule has 0 atom stereocenters. The van der Waals surface area contributed by atoms with E-state index in [1.807, 2.05) is 13.8 Å². The first-order chi connectivity index (χ1) is 8.59. The van der Waals surface area contributed by atoms with Crippen molar-refractivity contribution >= 4 is 28.9 Å². The molecule has 0 saturated carbocycles. The lowest BCUT2D eigenvalue weighted by atomic mass is 10.0. The molecule has 94 valence electrons. The zero-order valence-corrected chi connectivity index (χ0v) is 11.6. The number of nitrogens with zero attached hydrogens (tertiary/aromatic N) is 3. The summed E-state index contributed by atoms with van der Waals surface area (Å²) in [6, 6.07) is 1.75. The first-order valence-corrected chi connectivity index (χ1v) is 6.68. The van der Waals surface area contributed by atoms with Gasteiger partial charge in [0.15, 0.2) is 5.78 Å². The number of carbonyl (C=O) groups excluding carboxylic acids is 1. The quantitative estimate of drug-likeness (QED) is 0.808. The number of hydrogen-bond acceptors (Lipinski definition) is 5. The highest BCUT2D eigenvalue weighted by Crippen LogP contribution is 2.23. The van der Waals surface area contributed by atoms with Crippen LogP contribution >= 0.6 is 23.1 Å². The third-order valence-electron chi connectivity index (χ3n) is 2.52. The topological polar surface area (TPSA) is 55.7 Å². The van der Waals surface area contributed by atoms with E-state index in [9.17, 15) is 4.79 Å². The number of carbonyl (C=O) groups is 1. The molecule has 6 heteroatoms. The van der Waals surface area contributed by atoms with Crippen molar-refractivity contribution in [2.75, 3.05) is 0 Å². The van der Waals surface area contributed by atoms with Crippen LogP contribution in [0.15, 0.2) is 18.5 Å². The number of ketones is 1. The Morgan fingerprint density at radius 1 is 1.50 bits per heavy atom. The Balaban J connectivity index is 2.23. The predicted molar refractivity (Wildman–Crippen MR) is 71.3 cm³/mol. The lowest BCUT2D eigenvalue weighted by molar-refractivity contribution is 0.0995. The van der Waals surface area contributed by atoms with Gasteiger partial charge >= 0.3 is 0 Å². The molecule has 0 saturated heterocycles. The summed E-state index contributed by atoms with van der Waals surface area (Å²) in [6.07, 6.45) is 3.42. The van der Waals surface area contributed by atoms with Crippen LogP contribution < -0.4 is 0 Å². The Kier molecular flexibility index (Phi) is 4.04. The molecule has 0 aliphatic rings. The minimum atomic E-state index is 0.00167. The lowest BCUT2D eigenvalue weighted by Gasteiger charge is -2.04. The second kappa shape index (κ2) is 5.54. The van der Waals surface area contributed by atoms with E-state index in [0.717, 1.165) is 22.8 Å². The summed E-state index contributed by atoms with van der Waals surface area (Å²) in [7, 11) is 0. The van der Waals surface area contributed by atoms with Crippen molar-refractivity contribution in [3.05, 3.63) is 39.6 Å². The fraction of sp³-hybridized carbons (Fsp3) is 0.333. The van der Waals surface area contributed by atoms with Gasteiger partial charge in [-0.3, -0.25) is 9.78 Å². The molecule has 2 aromatic heterocycles. The van der Waals surface area contributed by atoms with Crippen molar-refractivity contribution in [3.8, 4) is 0 Å². The minimum Gasteiger partial charge on any atom is -0.293 e. The van der Waals surface area contributed by atoms with Gasteiger partial charge in [-0.25, -0.2) is 0 Å². The van der Waals surface area contributed by atoms with Crippen molar-refractivity contribution in [1.82, 2.24) is 14.6 Å². The number of halogens is 1. The molecule has 2 heterocycles. The minimum absolute atomic E-state index is 0.00167.